The molecule has 6 nitrogen and oxygen atoms in total. The molecule has 0 atom stereocenters. The van der Waals surface area contributed by atoms with Gasteiger partial charge in [-0.2, -0.15) is 0 Å². The van der Waals surface area contributed by atoms with Crippen LogP contribution in [0.3, 0.4) is 0 Å². The maximum atomic E-state index is 12.1. The van der Waals surface area contributed by atoms with Gasteiger partial charge in [-0.25, -0.2) is 0 Å². The predicted molar refractivity (Wildman–Crippen MR) is 68.9 cm³/mol. The zero-order valence-corrected chi connectivity index (χ0v) is 10.6. The van der Waals surface area contributed by atoms with Gasteiger partial charge in [0.25, 0.3) is 5.43 Å². The van der Waals surface area contributed by atoms with Gasteiger partial charge in [0, 0.05) is 18.2 Å². The van der Waals surface area contributed by atoms with Crippen LogP contribution in [0, 0.1) is 16.0 Å². The van der Waals surface area contributed by atoms with Crippen molar-refractivity contribution in [2.45, 2.75) is 38.6 Å². The van der Waals surface area contributed by atoms with Crippen molar-refractivity contribution in [1.29, 1.82) is 0 Å². The Hall–Kier alpha value is -1.98. The number of rotatable bonds is 4. The third-order valence-electron chi connectivity index (χ3n) is 3.55. The molecular formula is C13H16N2O4. The first kappa shape index (κ1) is 13.5. The number of hydrogen-bond acceptors (Lipinski definition) is 4. The summed E-state index contributed by atoms with van der Waals surface area (Å²) in [5.41, 5.74) is -1.12. The largest absolute Gasteiger partial charge is 0.341 e. The van der Waals surface area contributed by atoms with Crippen molar-refractivity contribution in [3.05, 3.63) is 38.8 Å². The molecule has 19 heavy (non-hydrogen) atoms. The van der Waals surface area contributed by atoms with E-state index < -0.39 is 16.0 Å². The number of nitrogens with zero attached hydrogens (tertiary/aromatic N) is 2. The normalized spacial score (nSPS) is 16.2. The van der Waals surface area contributed by atoms with Gasteiger partial charge in [0.2, 0.25) is 0 Å². The molecule has 6 heteroatoms. The molecule has 0 spiro atoms. The van der Waals surface area contributed by atoms with Crippen molar-refractivity contribution in [3.8, 4) is 0 Å². The summed E-state index contributed by atoms with van der Waals surface area (Å²) >= 11 is 0. The number of hydrogen-bond donors (Lipinski definition) is 0. The van der Waals surface area contributed by atoms with Crippen LogP contribution in [0.25, 0.3) is 0 Å². The van der Waals surface area contributed by atoms with Crippen molar-refractivity contribution < 1.29 is 9.72 Å². The van der Waals surface area contributed by atoms with Gasteiger partial charge in [-0.1, -0.05) is 19.3 Å². The number of carbonyl (C=O) groups is 1. The van der Waals surface area contributed by atoms with Gasteiger partial charge in [0.1, 0.15) is 0 Å². The van der Waals surface area contributed by atoms with Gasteiger partial charge < -0.3 is 4.57 Å². The fourth-order valence-electron chi connectivity index (χ4n) is 2.48. The van der Waals surface area contributed by atoms with E-state index in [4.69, 9.17) is 0 Å². The van der Waals surface area contributed by atoms with Crippen molar-refractivity contribution in [3.63, 3.8) is 0 Å². The molecule has 0 aliphatic heterocycles. The van der Waals surface area contributed by atoms with Crippen molar-refractivity contribution in [1.82, 2.24) is 4.57 Å². The first-order valence-electron chi connectivity index (χ1n) is 6.45. The highest BCUT2D eigenvalue weighted by Gasteiger charge is 2.21. The average Bonchev–Trinajstić information content (AvgIpc) is 2.41. The van der Waals surface area contributed by atoms with E-state index in [0.717, 1.165) is 37.9 Å². The molecule has 0 aromatic carbocycles. The summed E-state index contributed by atoms with van der Waals surface area (Å²) in [5, 5.41) is 10.7. The minimum atomic E-state index is -0.718. The highest BCUT2D eigenvalue weighted by molar-refractivity contribution is 5.80. The standard InChI is InChI=1S/C13H16N2O4/c16-12-6-7-14(8-11(12)15(18)19)9-13(17)10-4-2-1-3-5-10/h6-8,10H,1-5,9H2. The maximum absolute atomic E-state index is 12.1. The van der Waals surface area contributed by atoms with Crippen LogP contribution in [-0.4, -0.2) is 15.3 Å². The van der Waals surface area contributed by atoms with Crippen LogP contribution >= 0.6 is 0 Å². The van der Waals surface area contributed by atoms with Crippen LogP contribution in [0.5, 0.6) is 0 Å². The summed E-state index contributed by atoms with van der Waals surface area (Å²) in [5.74, 6) is 0.157. The van der Waals surface area contributed by atoms with Gasteiger partial charge >= 0.3 is 5.69 Å². The Kier molecular flexibility index (Phi) is 4.09. The molecule has 1 saturated carbocycles. The van der Waals surface area contributed by atoms with E-state index in [1.54, 1.807) is 0 Å². The van der Waals surface area contributed by atoms with Crippen molar-refractivity contribution in [2.24, 2.45) is 5.92 Å². The number of pyridine rings is 1. The Morgan fingerprint density at radius 2 is 2.05 bits per heavy atom. The highest BCUT2D eigenvalue weighted by Crippen LogP contribution is 2.24. The quantitative estimate of drug-likeness (QED) is 0.614. The van der Waals surface area contributed by atoms with Crippen LogP contribution < -0.4 is 5.43 Å². The Morgan fingerprint density at radius 3 is 2.68 bits per heavy atom. The second-order valence-electron chi connectivity index (χ2n) is 4.93. The van der Waals surface area contributed by atoms with E-state index in [1.165, 1.54) is 17.2 Å². The third kappa shape index (κ3) is 3.27. The van der Waals surface area contributed by atoms with E-state index in [2.05, 4.69) is 0 Å². The van der Waals surface area contributed by atoms with Crippen molar-refractivity contribution in [2.75, 3.05) is 0 Å². The smallest absolute Gasteiger partial charge is 0.332 e. The number of aromatic nitrogens is 1. The van der Waals surface area contributed by atoms with Crippen LogP contribution in [0.15, 0.2) is 23.3 Å². The number of Topliss-reactive ketones (excluding diaryl/α,β-unsaturated/α-hetero) is 1. The molecule has 102 valence electrons. The first-order chi connectivity index (χ1) is 9.08. The molecule has 1 aromatic heterocycles. The molecule has 1 aromatic rings. The molecule has 0 amide bonds. The van der Waals surface area contributed by atoms with Gasteiger partial charge in [0.05, 0.1) is 17.7 Å². The predicted octanol–water partition coefficient (Wildman–Crippen LogP) is 1.91. The molecule has 1 heterocycles. The lowest BCUT2D eigenvalue weighted by Gasteiger charge is -2.20. The van der Waals surface area contributed by atoms with Crippen LogP contribution in [-0.2, 0) is 11.3 Å². The molecule has 0 radical (unpaired) electrons. The van der Waals surface area contributed by atoms with E-state index >= 15 is 0 Å². The lowest BCUT2D eigenvalue weighted by Crippen LogP contribution is -2.23. The molecule has 0 bridgehead atoms. The van der Waals surface area contributed by atoms with Gasteiger partial charge in [-0.3, -0.25) is 19.7 Å². The van der Waals surface area contributed by atoms with Crippen LogP contribution in [0.4, 0.5) is 5.69 Å². The molecule has 1 fully saturated rings. The van der Waals surface area contributed by atoms with E-state index in [-0.39, 0.29) is 18.2 Å². The van der Waals surface area contributed by atoms with Crippen LogP contribution in [0.1, 0.15) is 32.1 Å². The minimum absolute atomic E-state index is 0.0623. The summed E-state index contributed by atoms with van der Waals surface area (Å²) in [6, 6.07) is 1.13. The van der Waals surface area contributed by atoms with E-state index in [0.29, 0.717) is 0 Å². The third-order valence-corrected chi connectivity index (χ3v) is 3.55. The fraction of sp³-hybridized carbons (Fsp3) is 0.538. The molecule has 1 aliphatic rings. The van der Waals surface area contributed by atoms with Crippen molar-refractivity contribution >= 4 is 11.5 Å². The summed E-state index contributed by atoms with van der Waals surface area (Å²) in [7, 11) is 0. The zero-order chi connectivity index (χ0) is 13.8. The molecular weight excluding hydrogens is 248 g/mol. The molecule has 1 aliphatic carbocycles. The fourth-order valence-corrected chi connectivity index (χ4v) is 2.48. The first-order valence-corrected chi connectivity index (χ1v) is 6.45. The topological polar surface area (TPSA) is 82.2 Å². The lowest BCUT2D eigenvalue weighted by atomic mass is 9.86. The second-order valence-corrected chi connectivity index (χ2v) is 4.93. The second kappa shape index (κ2) is 5.77. The van der Waals surface area contributed by atoms with Gasteiger partial charge in [0.15, 0.2) is 5.78 Å². The minimum Gasteiger partial charge on any atom is -0.341 e. The summed E-state index contributed by atoms with van der Waals surface area (Å²) < 4.78 is 1.43. The molecule has 0 saturated heterocycles. The van der Waals surface area contributed by atoms with Crippen LogP contribution in [0.2, 0.25) is 0 Å². The number of ketones is 1. The summed E-state index contributed by atoms with van der Waals surface area (Å²) in [6.07, 6.45) is 7.69. The molecule has 0 unspecified atom stereocenters. The SMILES string of the molecule is O=C(Cn1ccc(=O)c([N+](=O)[O-])c1)C1CCCCC1. The maximum Gasteiger partial charge on any atom is 0.332 e. The zero-order valence-electron chi connectivity index (χ0n) is 10.6. The highest BCUT2D eigenvalue weighted by atomic mass is 16.6. The monoisotopic (exact) mass is 264 g/mol. The Bertz CT molecular complexity index is 544. The number of nitro groups is 1. The van der Waals surface area contributed by atoms with E-state index in [9.17, 15) is 19.7 Å². The van der Waals surface area contributed by atoms with E-state index in [1.807, 2.05) is 0 Å². The molecule has 2 rings (SSSR count). The molecule has 0 N–H and O–H groups in total. The Labute approximate surface area is 110 Å². The summed E-state index contributed by atoms with van der Waals surface area (Å²) in [6.45, 7) is 0.103. The summed E-state index contributed by atoms with van der Waals surface area (Å²) in [4.78, 5) is 33.3. The van der Waals surface area contributed by atoms with Gasteiger partial charge in [-0.05, 0) is 12.8 Å². The Morgan fingerprint density at radius 1 is 1.37 bits per heavy atom. The Balaban J connectivity index is 2.10. The average molecular weight is 264 g/mol. The van der Waals surface area contributed by atoms with Gasteiger partial charge in [-0.15, -0.1) is 0 Å². The lowest BCUT2D eigenvalue weighted by molar-refractivity contribution is -0.386. The number of carbonyl (C=O) groups excluding carboxylic acids is 1.